The predicted molar refractivity (Wildman–Crippen MR) is 99.7 cm³/mol. The lowest BCUT2D eigenvalue weighted by atomic mass is 9.95. The molecule has 1 saturated carbocycles. The highest BCUT2D eigenvalue weighted by molar-refractivity contribution is 8.00. The fraction of sp³-hybridized carbons (Fsp3) is 0.421. The van der Waals surface area contributed by atoms with Crippen LogP contribution in [-0.2, 0) is 4.79 Å². The zero-order valence-corrected chi connectivity index (χ0v) is 15.1. The van der Waals surface area contributed by atoms with E-state index in [4.69, 9.17) is 0 Å². The molecular formula is C19H23N3O2S. The number of aromatic amines is 1. The number of carbonyl (C=O) groups is 1. The molecule has 1 aliphatic rings. The van der Waals surface area contributed by atoms with Crippen molar-refractivity contribution in [2.24, 2.45) is 0 Å². The lowest BCUT2D eigenvalue weighted by Gasteiger charge is -2.25. The third-order valence-electron chi connectivity index (χ3n) is 4.37. The van der Waals surface area contributed by atoms with Crippen molar-refractivity contribution in [3.05, 3.63) is 58.0 Å². The summed E-state index contributed by atoms with van der Waals surface area (Å²) in [6.45, 7) is 1.78. The first-order valence-corrected chi connectivity index (χ1v) is 9.60. The van der Waals surface area contributed by atoms with Gasteiger partial charge in [0.15, 0.2) is 5.16 Å². The lowest BCUT2D eigenvalue weighted by molar-refractivity contribution is -0.121. The monoisotopic (exact) mass is 357 g/mol. The molecule has 0 unspecified atom stereocenters. The Morgan fingerprint density at radius 3 is 2.64 bits per heavy atom. The molecule has 3 rings (SSSR count). The largest absolute Gasteiger partial charge is 0.352 e. The first-order valence-electron chi connectivity index (χ1n) is 8.72. The molecule has 1 heterocycles. The average molecular weight is 357 g/mol. The van der Waals surface area contributed by atoms with Crippen LogP contribution in [0.25, 0.3) is 0 Å². The molecule has 0 radical (unpaired) electrons. The van der Waals surface area contributed by atoms with Crippen LogP contribution < -0.4 is 10.9 Å². The Bertz CT molecular complexity index is 770. The van der Waals surface area contributed by atoms with Crippen molar-refractivity contribution in [2.75, 3.05) is 0 Å². The van der Waals surface area contributed by atoms with Crippen molar-refractivity contribution in [3.8, 4) is 0 Å². The Morgan fingerprint density at radius 1 is 1.24 bits per heavy atom. The van der Waals surface area contributed by atoms with Gasteiger partial charge in [-0.1, -0.05) is 61.4 Å². The highest BCUT2D eigenvalue weighted by atomic mass is 32.2. The van der Waals surface area contributed by atoms with Gasteiger partial charge in [0, 0.05) is 17.8 Å². The Morgan fingerprint density at radius 2 is 1.96 bits per heavy atom. The van der Waals surface area contributed by atoms with E-state index in [1.165, 1.54) is 37.1 Å². The van der Waals surface area contributed by atoms with Gasteiger partial charge in [0.2, 0.25) is 5.91 Å². The van der Waals surface area contributed by atoms with Gasteiger partial charge in [-0.15, -0.1) is 0 Å². The number of hydrogen-bond acceptors (Lipinski definition) is 4. The van der Waals surface area contributed by atoms with Crippen molar-refractivity contribution in [3.63, 3.8) is 0 Å². The number of nitrogens with zero attached hydrogens (tertiary/aromatic N) is 1. The molecule has 5 nitrogen and oxygen atoms in total. The molecule has 1 fully saturated rings. The molecule has 25 heavy (non-hydrogen) atoms. The minimum Gasteiger partial charge on any atom is -0.352 e. The summed E-state index contributed by atoms with van der Waals surface area (Å²) in [4.78, 5) is 31.7. The van der Waals surface area contributed by atoms with E-state index >= 15 is 0 Å². The summed E-state index contributed by atoms with van der Waals surface area (Å²) in [5.74, 6) is -0.0211. The van der Waals surface area contributed by atoms with E-state index in [1.54, 1.807) is 6.92 Å². The van der Waals surface area contributed by atoms with Crippen LogP contribution in [0.3, 0.4) is 0 Å². The Balaban J connectivity index is 1.81. The maximum absolute atomic E-state index is 12.9. The highest BCUT2D eigenvalue weighted by Crippen LogP contribution is 2.33. The molecule has 1 aromatic carbocycles. The number of H-pyrrole nitrogens is 1. The van der Waals surface area contributed by atoms with Crippen molar-refractivity contribution in [1.29, 1.82) is 0 Å². The zero-order valence-electron chi connectivity index (χ0n) is 14.3. The third-order valence-corrected chi connectivity index (χ3v) is 5.51. The van der Waals surface area contributed by atoms with Crippen LogP contribution in [-0.4, -0.2) is 21.9 Å². The second kappa shape index (κ2) is 8.34. The summed E-state index contributed by atoms with van der Waals surface area (Å²) < 4.78 is 0. The minimum atomic E-state index is -0.437. The fourth-order valence-electron chi connectivity index (χ4n) is 3.14. The fourth-order valence-corrected chi connectivity index (χ4v) is 4.19. The third kappa shape index (κ3) is 4.95. The van der Waals surface area contributed by atoms with E-state index < -0.39 is 5.25 Å². The molecule has 0 bridgehead atoms. The van der Waals surface area contributed by atoms with Gasteiger partial charge in [-0.25, -0.2) is 4.98 Å². The van der Waals surface area contributed by atoms with E-state index in [1.807, 2.05) is 30.3 Å². The molecule has 0 spiro atoms. The van der Waals surface area contributed by atoms with Crippen LogP contribution in [0.2, 0.25) is 0 Å². The first kappa shape index (κ1) is 17.7. The normalized spacial score (nSPS) is 16.4. The summed E-state index contributed by atoms with van der Waals surface area (Å²) in [5, 5.41) is 3.22. The molecule has 0 aliphatic heterocycles. The second-order valence-electron chi connectivity index (χ2n) is 6.44. The van der Waals surface area contributed by atoms with Gasteiger partial charge < -0.3 is 10.3 Å². The van der Waals surface area contributed by atoms with Crippen LogP contribution in [0.4, 0.5) is 0 Å². The summed E-state index contributed by atoms with van der Waals surface area (Å²) in [5.41, 5.74) is 1.35. The van der Waals surface area contributed by atoms with Gasteiger partial charge >= 0.3 is 0 Å². The van der Waals surface area contributed by atoms with Gasteiger partial charge in [-0.05, 0) is 25.3 Å². The lowest BCUT2D eigenvalue weighted by Crippen LogP contribution is -2.38. The van der Waals surface area contributed by atoms with Crippen LogP contribution >= 0.6 is 11.8 Å². The maximum Gasteiger partial charge on any atom is 0.251 e. The topological polar surface area (TPSA) is 74.8 Å². The summed E-state index contributed by atoms with van der Waals surface area (Å²) in [6.07, 6.45) is 5.66. The smallest absolute Gasteiger partial charge is 0.251 e. The van der Waals surface area contributed by atoms with Crippen molar-refractivity contribution in [2.45, 2.75) is 55.5 Å². The van der Waals surface area contributed by atoms with Crippen LogP contribution in [0.15, 0.2) is 46.3 Å². The van der Waals surface area contributed by atoms with Crippen molar-refractivity contribution in [1.82, 2.24) is 15.3 Å². The van der Waals surface area contributed by atoms with Crippen molar-refractivity contribution >= 4 is 17.7 Å². The zero-order chi connectivity index (χ0) is 17.6. The molecule has 1 atom stereocenters. The standard InChI is InChI=1S/C19H23N3O2S/c1-13-12-16(23)22-19(20-13)25-17(14-8-4-2-5-9-14)18(24)21-15-10-6-3-7-11-15/h2,4-5,8-9,12,15,17H,3,6-7,10-11H2,1H3,(H,21,24)(H,20,22,23)/t17-/m0/s1. The summed E-state index contributed by atoms with van der Waals surface area (Å²) in [7, 11) is 0. The molecule has 1 aliphatic carbocycles. The second-order valence-corrected chi connectivity index (χ2v) is 7.54. The molecule has 2 N–H and O–H groups in total. The number of aryl methyl sites for hydroxylation is 1. The number of hydrogen-bond donors (Lipinski definition) is 2. The van der Waals surface area contributed by atoms with Crippen LogP contribution in [0, 0.1) is 6.92 Å². The molecule has 2 aromatic rings. The summed E-state index contributed by atoms with van der Waals surface area (Å²) in [6, 6.07) is 11.3. The molecule has 132 valence electrons. The number of aromatic nitrogens is 2. The van der Waals surface area contributed by atoms with E-state index in [0.717, 1.165) is 18.4 Å². The molecular weight excluding hydrogens is 334 g/mol. The first-order chi connectivity index (χ1) is 12.1. The SMILES string of the molecule is Cc1cc(=O)[nH]c(S[C@H](C(=O)NC2CCCCC2)c2ccccc2)n1. The predicted octanol–water partition coefficient (Wildman–Crippen LogP) is 3.36. The van der Waals surface area contributed by atoms with Gasteiger partial charge in [0.25, 0.3) is 5.56 Å². The molecule has 1 amide bonds. The van der Waals surface area contributed by atoms with Crippen molar-refractivity contribution < 1.29 is 4.79 Å². The van der Waals surface area contributed by atoms with Gasteiger partial charge in [0.05, 0.1) is 0 Å². The quantitative estimate of drug-likeness (QED) is 0.635. The number of carbonyl (C=O) groups excluding carboxylic acids is 1. The molecule has 1 aromatic heterocycles. The van der Waals surface area contributed by atoms with E-state index in [0.29, 0.717) is 10.9 Å². The number of rotatable bonds is 5. The van der Waals surface area contributed by atoms with Crippen LogP contribution in [0.1, 0.15) is 48.6 Å². The maximum atomic E-state index is 12.9. The number of nitrogens with one attached hydrogen (secondary N) is 2. The Labute approximate surface area is 151 Å². The Kier molecular flexibility index (Phi) is 5.91. The van der Waals surface area contributed by atoms with Gasteiger partial charge in [0.1, 0.15) is 5.25 Å². The molecule has 0 saturated heterocycles. The number of thioether (sulfide) groups is 1. The van der Waals surface area contributed by atoms with E-state index in [9.17, 15) is 9.59 Å². The Hall–Kier alpha value is -2.08. The number of benzene rings is 1. The minimum absolute atomic E-state index is 0.0211. The van der Waals surface area contributed by atoms with E-state index in [2.05, 4.69) is 15.3 Å². The van der Waals surface area contributed by atoms with E-state index in [-0.39, 0.29) is 17.5 Å². The number of amides is 1. The molecule has 6 heteroatoms. The van der Waals surface area contributed by atoms with Gasteiger partial charge in [-0.3, -0.25) is 9.59 Å². The summed E-state index contributed by atoms with van der Waals surface area (Å²) >= 11 is 1.29. The highest BCUT2D eigenvalue weighted by Gasteiger charge is 2.26. The average Bonchev–Trinajstić information content (AvgIpc) is 2.60. The van der Waals surface area contributed by atoms with Gasteiger partial charge in [-0.2, -0.15) is 0 Å². The van der Waals surface area contributed by atoms with Crippen LogP contribution in [0.5, 0.6) is 0 Å².